The van der Waals surface area contributed by atoms with Crippen LogP contribution < -0.4 is 0 Å². The average Bonchev–Trinajstić information content (AvgIpc) is 1.65. The Morgan fingerprint density at radius 2 is 2.29 bits per heavy atom. The maximum absolute atomic E-state index is 11.5. The lowest BCUT2D eigenvalue weighted by Crippen LogP contribution is -2.12. The summed E-state index contributed by atoms with van der Waals surface area (Å²) in [6, 6.07) is 0. The third-order valence-electron chi connectivity index (χ3n) is 0.575. The minimum atomic E-state index is -1.65. The second-order valence-electron chi connectivity index (χ2n) is 1.22. The number of carbonyl (C=O) groups is 1. The van der Waals surface area contributed by atoms with Gasteiger partial charge in [0.1, 0.15) is 0 Å². The molecule has 0 saturated carbocycles. The van der Waals surface area contributed by atoms with Gasteiger partial charge in [0, 0.05) is 0 Å². The third-order valence-corrected chi connectivity index (χ3v) is 0.575. The van der Waals surface area contributed by atoms with Gasteiger partial charge in [0.2, 0.25) is 0 Å². The Morgan fingerprint density at radius 1 is 1.86 bits per heavy atom. The molecule has 0 aromatic heterocycles. The van der Waals surface area contributed by atoms with Gasteiger partial charge in [0.15, 0.2) is 18.6 Å². The van der Waals surface area contributed by atoms with E-state index in [0.29, 0.717) is 0 Å². The first-order valence-corrected chi connectivity index (χ1v) is 1.91. The summed E-state index contributed by atoms with van der Waals surface area (Å²) in [5.74, 6) is -0.986. The van der Waals surface area contributed by atoms with Gasteiger partial charge in [-0.15, -0.1) is 0 Å². The Morgan fingerprint density at radius 3 is 2.29 bits per heavy atom. The Bertz CT molecular complexity index is 70.1. The predicted molar refractivity (Wildman–Crippen MR) is 21.6 cm³/mol. The van der Waals surface area contributed by atoms with Crippen molar-refractivity contribution in [3.05, 3.63) is 0 Å². The molecule has 0 radical (unpaired) electrons. The smallest absolute Gasteiger partial charge is 0.197 e. The van der Waals surface area contributed by atoms with Gasteiger partial charge in [-0.25, -0.2) is 8.78 Å². The van der Waals surface area contributed by atoms with Crippen LogP contribution >= 0.6 is 0 Å². The lowest BCUT2D eigenvalue weighted by molar-refractivity contribution is -0.124. The molecule has 0 aliphatic heterocycles. The molecule has 0 spiro atoms. The summed E-state index contributed by atoms with van der Waals surface area (Å²) in [6.45, 7) is -0.181. The number of hydrogen-bond acceptors (Lipinski definition) is 1. The largest absolute Gasteiger partial charge is 0.293 e. The maximum Gasteiger partial charge on any atom is 0.197 e. The molecule has 1 atom stereocenters. The zero-order chi connectivity index (χ0) is 5.86. The summed E-state index contributed by atoms with van der Waals surface area (Å²) >= 11 is 0. The number of ketones is 1. The number of rotatable bonds is 2. The van der Waals surface area contributed by atoms with E-state index in [2.05, 4.69) is 0 Å². The van der Waals surface area contributed by atoms with Gasteiger partial charge >= 0.3 is 0 Å². The lowest BCUT2D eigenvalue weighted by atomic mass is 10.3. The van der Waals surface area contributed by atoms with Crippen molar-refractivity contribution in [2.24, 2.45) is 0 Å². The van der Waals surface area contributed by atoms with Crippen LogP contribution in [0.25, 0.3) is 0 Å². The highest BCUT2D eigenvalue weighted by molar-refractivity contribution is 5.83. The van der Waals surface area contributed by atoms with Crippen molar-refractivity contribution in [1.82, 2.24) is 0 Å². The minimum absolute atomic E-state index is 0.986. The first kappa shape index (κ1) is 6.53. The van der Waals surface area contributed by atoms with E-state index in [0.717, 1.165) is 6.92 Å². The molecule has 0 saturated heterocycles. The summed E-state index contributed by atoms with van der Waals surface area (Å²) in [6.07, 6.45) is -1.65. The number of Topliss-reactive ketones (excluding diaryl/α,β-unsaturated/α-hetero) is 1. The van der Waals surface area contributed by atoms with Gasteiger partial charge in [0.25, 0.3) is 0 Å². The van der Waals surface area contributed by atoms with Gasteiger partial charge in [-0.05, 0) is 6.92 Å². The number of halogens is 2. The molecule has 0 amide bonds. The number of alkyl halides is 2. The molecule has 0 heterocycles. The topological polar surface area (TPSA) is 17.1 Å². The minimum Gasteiger partial charge on any atom is -0.293 e. The molecule has 0 aromatic rings. The van der Waals surface area contributed by atoms with E-state index in [9.17, 15) is 13.6 Å². The van der Waals surface area contributed by atoms with Crippen LogP contribution in [0.4, 0.5) is 8.78 Å². The van der Waals surface area contributed by atoms with E-state index in [1.807, 2.05) is 0 Å². The van der Waals surface area contributed by atoms with E-state index < -0.39 is 18.6 Å². The van der Waals surface area contributed by atoms with Crippen LogP contribution in [-0.2, 0) is 4.79 Å². The van der Waals surface area contributed by atoms with Crippen molar-refractivity contribution < 1.29 is 13.6 Å². The third kappa shape index (κ3) is 2.25. The highest BCUT2D eigenvalue weighted by Crippen LogP contribution is 1.89. The molecular formula is C4H6F2O. The summed E-state index contributed by atoms with van der Waals surface area (Å²) in [7, 11) is 0. The second kappa shape index (κ2) is 2.66. The maximum atomic E-state index is 11.5. The molecule has 3 heteroatoms. The van der Waals surface area contributed by atoms with Crippen molar-refractivity contribution in [2.45, 2.75) is 13.1 Å². The molecule has 0 bridgehead atoms. The second-order valence-corrected chi connectivity index (χ2v) is 1.22. The Kier molecular flexibility index (Phi) is 2.48. The van der Waals surface area contributed by atoms with Crippen LogP contribution in [0.1, 0.15) is 6.92 Å². The monoisotopic (exact) mass is 108 g/mol. The Labute approximate surface area is 40.3 Å². The molecule has 0 fully saturated rings. The molecule has 0 N–H and O–H groups in total. The van der Waals surface area contributed by atoms with Crippen molar-refractivity contribution in [3.8, 4) is 0 Å². The van der Waals surface area contributed by atoms with Crippen LogP contribution in [0.3, 0.4) is 0 Å². The Balaban J connectivity index is 3.35. The molecule has 0 rings (SSSR count). The first-order chi connectivity index (χ1) is 3.18. The normalized spacial score (nSPS) is 13.6. The van der Waals surface area contributed by atoms with Gasteiger partial charge in [-0.2, -0.15) is 0 Å². The number of hydrogen-bond donors (Lipinski definition) is 0. The molecule has 0 aromatic carbocycles. The van der Waals surface area contributed by atoms with E-state index in [1.54, 1.807) is 0 Å². The highest BCUT2D eigenvalue weighted by atomic mass is 19.1. The van der Waals surface area contributed by atoms with Crippen LogP contribution in [0.15, 0.2) is 0 Å². The van der Waals surface area contributed by atoms with Crippen molar-refractivity contribution in [2.75, 3.05) is 6.67 Å². The molecular weight excluding hydrogens is 102 g/mol. The fourth-order valence-electron chi connectivity index (χ4n) is 0.106. The van der Waals surface area contributed by atoms with Gasteiger partial charge < -0.3 is 0 Å². The first-order valence-electron chi connectivity index (χ1n) is 1.91. The fraction of sp³-hybridized carbons (Fsp3) is 0.750. The van der Waals surface area contributed by atoms with Crippen LogP contribution in [0, 0.1) is 0 Å². The van der Waals surface area contributed by atoms with Gasteiger partial charge in [-0.1, -0.05) is 0 Å². The number of carbonyl (C=O) groups excluding carboxylic acids is 1. The highest BCUT2D eigenvalue weighted by Gasteiger charge is 2.08. The van der Waals surface area contributed by atoms with Crippen LogP contribution in [-0.4, -0.2) is 18.6 Å². The molecule has 7 heavy (non-hydrogen) atoms. The summed E-state index contributed by atoms with van der Waals surface area (Å²) in [5, 5.41) is 0. The van der Waals surface area contributed by atoms with Gasteiger partial charge in [-0.3, -0.25) is 4.79 Å². The predicted octanol–water partition coefficient (Wildman–Crippen LogP) is 0.883. The van der Waals surface area contributed by atoms with Crippen molar-refractivity contribution in [3.63, 3.8) is 0 Å². The summed E-state index contributed by atoms with van der Waals surface area (Å²) < 4.78 is 22.6. The molecule has 0 aliphatic carbocycles. The van der Waals surface area contributed by atoms with Crippen LogP contribution in [0.2, 0.25) is 0 Å². The summed E-state index contributed by atoms with van der Waals surface area (Å²) in [4.78, 5) is 9.76. The average molecular weight is 108 g/mol. The quantitative estimate of drug-likeness (QED) is 0.513. The Hall–Kier alpha value is -0.470. The SMILES string of the molecule is CC(F)C(=O)CF. The van der Waals surface area contributed by atoms with Crippen molar-refractivity contribution in [1.29, 1.82) is 0 Å². The summed E-state index contributed by atoms with van der Waals surface area (Å²) in [5.41, 5.74) is 0. The van der Waals surface area contributed by atoms with E-state index in [1.165, 1.54) is 0 Å². The zero-order valence-electron chi connectivity index (χ0n) is 3.95. The molecule has 1 unspecified atom stereocenters. The van der Waals surface area contributed by atoms with E-state index in [-0.39, 0.29) is 0 Å². The zero-order valence-corrected chi connectivity index (χ0v) is 3.95. The van der Waals surface area contributed by atoms with Crippen molar-refractivity contribution >= 4 is 5.78 Å². The lowest BCUT2D eigenvalue weighted by Gasteiger charge is -1.90. The molecule has 1 nitrogen and oxygen atoms in total. The molecule has 0 aliphatic rings. The van der Waals surface area contributed by atoms with E-state index >= 15 is 0 Å². The molecule has 42 valence electrons. The van der Waals surface area contributed by atoms with Gasteiger partial charge in [0.05, 0.1) is 0 Å². The van der Waals surface area contributed by atoms with E-state index in [4.69, 9.17) is 0 Å². The van der Waals surface area contributed by atoms with Crippen LogP contribution in [0.5, 0.6) is 0 Å². The standard InChI is InChI=1S/C4H6F2O/c1-3(6)4(7)2-5/h3H,2H2,1H3. The fourth-order valence-corrected chi connectivity index (χ4v) is 0.106.